The van der Waals surface area contributed by atoms with Gasteiger partial charge in [0, 0.05) is 25.1 Å². The van der Waals surface area contributed by atoms with Crippen molar-refractivity contribution in [3.05, 3.63) is 83.9 Å². The quantitative estimate of drug-likeness (QED) is 0.649. The summed E-state index contributed by atoms with van der Waals surface area (Å²) < 4.78 is 5.45. The Morgan fingerprint density at radius 2 is 2.00 bits per heavy atom. The second-order valence-corrected chi connectivity index (χ2v) is 6.56. The smallest absolute Gasteiger partial charge is 0.174 e. The van der Waals surface area contributed by atoms with Crippen LogP contribution in [0.4, 0.5) is 5.69 Å². The Morgan fingerprint density at radius 3 is 2.70 bits per heavy atom. The highest BCUT2D eigenvalue weighted by atomic mass is 32.1. The van der Waals surface area contributed by atoms with Gasteiger partial charge in [0.25, 0.3) is 0 Å². The molecule has 0 aliphatic rings. The van der Waals surface area contributed by atoms with Crippen molar-refractivity contribution in [3.8, 4) is 5.75 Å². The van der Waals surface area contributed by atoms with Crippen LogP contribution in [0.2, 0.25) is 0 Å². The lowest BCUT2D eigenvalue weighted by Crippen LogP contribution is -2.34. The summed E-state index contributed by atoms with van der Waals surface area (Å²) in [6.07, 6.45) is 5.40. The first kappa shape index (κ1) is 18.8. The summed E-state index contributed by atoms with van der Waals surface area (Å²) in [5.41, 5.74) is 4.00. The van der Waals surface area contributed by atoms with E-state index in [1.807, 2.05) is 61.7 Å². The fraction of sp³-hybridized carbons (Fsp3) is 0.190. The molecule has 0 aliphatic heterocycles. The van der Waals surface area contributed by atoms with Gasteiger partial charge < -0.3 is 15.0 Å². The van der Waals surface area contributed by atoms with Gasteiger partial charge in [0.05, 0.1) is 25.0 Å². The number of nitrogens with zero attached hydrogens (tertiary/aromatic N) is 3. The highest BCUT2D eigenvalue weighted by Crippen LogP contribution is 2.26. The summed E-state index contributed by atoms with van der Waals surface area (Å²) in [5, 5.41) is 3.93. The molecule has 0 unspecified atom stereocenters. The van der Waals surface area contributed by atoms with Crippen molar-refractivity contribution >= 4 is 23.0 Å². The monoisotopic (exact) mass is 378 g/mol. The molecule has 27 heavy (non-hydrogen) atoms. The molecule has 2 aromatic heterocycles. The van der Waals surface area contributed by atoms with Crippen molar-refractivity contribution in [1.29, 1.82) is 0 Å². The normalized spacial score (nSPS) is 10.3. The SMILES string of the molecule is COc1ccc(C)cc1NC(=S)N(Cc1cccnc1)Cc1ccccn1. The van der Waals surface area contributed by atoms with Crippen LogP contribution in [-0.4, -0.2) is 27.1 Å². The molecule has 138 valence electrons. The van der Waals surface area contributed by atoms with Gasteiger partial charge in [-0.3, -0.25) is 9.97 Å². The third kappa shape index (κ3) is 5.24. The number of hydrogen-bond donors (Lipinski definition) is 1. The van der Waals surface area contributed by atoms with Gasteiger partial charge in [-0.25, -0.2) is 0 Å². The van der Waals surface area contributed by atoms with E-state index < -0.39 is 0 Å². The molecule has 3 aromatic rings. The first-order valence-corrected chi connectivity index (χ1v) is 9.06. The van der Waals surface area contributed by atoms with Crippen LogP contribution in [-0.2, 0) is 13.1 Å². The molecule has 0 spiro atoms. The number of pyridine rings is 2. The van der Waals surface area contributed by atoms with E-state index in [1.165, 1.54) is 0 Å². The van der Waals surface area contributed by atoms with Gasteiger partial charge in [-0.05, 0) is 60.6 Å². The summed E-state index contributed by atoms with van der Waals surface area (Å²) in [5.74, 6) is 0.752. The largest absolute Gasteiger partial charge is 0.495 e. The Balaban J connectivity index is 1.83. The van der Waals surface area contributed by atoms with Crippen molar-refractivity contribution in [2.45, 2.75) is 20.0 Å². The number of benzene rings is 1. The summed E-state index contributed by atoms with van der Waals surface area (Å²) in [7, 11) is 1.65. The number of methoxy groups -OCH3 is 1. The molecule has 2 heterocycles. The lowest BCUT2D eigenvalue weighted by Gasteiger charge is -2.26. The maximum absolute atomic E-state index is 5.72. The van der Waals surface area contributed by atoms with E-state index in [-0.39, 0.29) is 0 Å². The molecule has 1 N–H and O–H groups in total. The fourth-order valence-electron chi connectivity index (χ4n) is 2.71. The van der Waals surface area contributed by atoms with Crippen LogP contribution in [0.3, 0.4) is 0 Å². The van der Waals surface area contributed by atoms with Crippen LogP contribution in [0.1, 0.15) is 16.8 Å². The molecule has 0 amide bonds. The highest BCUT2D eigenvalue weighted by molar-refractivity contribution is 7.80. The first-order valence-electron chi connectivity index (χ1n) is 8.65. The van der Waals surface area contributed by atoms with Gasteiger partial charge in [-0.15, -0.1) is 0 Å². The van der Waals surface area contributed by atoms with E-state index in [2.05, 4.69) is 20.2 Å². The standard InChI is InChI=1S/C21H22N4OS/c1-16-8-9-20(26-2)19(12-16)24-21(27)25(14-17-6-5-10-22-13-17)15-18-7-3-4-11-23-18/h3-13H,14-15H2,1-2H3,(H,24,27). The number of rotatable bonds is 6. The summed E-state index contributed by atoms with van der Waals surface area (Å²) in [6.45, 7) is 3.26. The van der Waals surface area contributed by atoms with Crippen molar-refractivity contribution in [2.24, 2.45) is 0 Å². The third-order valence-electron chi connectivity index (χ3n) is 4.06. The topological polar surface area (TPSA) is 50.3 Å². The van der Waals surface area contributed by atoms with E-state index in [4.69, 9.17) is 17.0 Å². The van der Waals surface area contributed by atoms with Crippen LogP contribution in [0.25, 0.3) is 0 Å². The summed E-state index contributed by atoms with van der Waals surface area (Å²) in [6, 6.07) is 15.8. The lowest BCUT2D eigenvalue weighted by molar-refractivity contribution is 0.404. The Labute approximate surface area is 165 Å². The molecule has 0 atom stereocenters. The van der Waals surface area contributed by atoms with Crippen molar-refractivity contribution in [2.75, 3.05) is 12.4 Å². The molecule has 3 rings (SSSR count). The van der Waals surface area contributed by atoms with Crippen molar-refractivity contribution < 1.29 is 4.74 Å². The Kier molecular flexibility index (Phi) is 6.33. The van der Waals surface area contributed by atoms with Gasteiger partial charge in [0.1, 0.15) is 5.75 Å². The minimum atomic E-state index is 0.593. The first-order chi connectivity index (χ1) is 13.2. The van der Waals surface area contributed by atoms with E-state index in [0.29, 0.717) is 18.2 Å². The zero-order valence-corrected chi connectivity index (χ0v) is 16.2. The second kappa shape index (κ2) is 9.09. The number of nitrogens with one attached hydrogen (secondary N) is 1. The number of aryl methyl sites for hydroxylation is 1. The minimum Gasteiger partial charge on any atom is -0.495 e. The lowest BCUT2D eigenvalue weighted by atomic mass is 10.2. The minimum absolute atomic E-state index is 0.593. The van der Waals surface area contributed by atoms with E-state index in [9.17, 15) is 0 Å². The molecule has 0 saturated carbocycles. The molecule has 5 nitrogen and oxygen atoms in total. The Hall–Kier alpha value is -2.99. The van der Waals surface area contributed by atoms with Crippen LogP contribution in [0.15, 0.2) is 67.1 Å². The van der Waals surface area contributed by atoms with Gasteiger partial charge >= 0.3 is 0 Å². The number of aromatic nitrogens is 2. The summed E-state index contributed by atoms with van der Waals surface area (Å²) in [4.78, 5) is 10.7. The molecule has 0 bridgehead atoms. The van der Waals surface area contributed by atoms with Crippen molar-refractivity contribution in [1.82, 2.24) is 14.9 Å². The highest BCUT2D eigenvalue weighted by Gasteiger charge is 2.14. The molecule has 6 heteroatoms. The van der Waals surface area contributed by atoms with Gasteiger partial charge in [0.2, 0.25) is 0 Å². The maximum Gasteiger partial charge on any atom is 0.174 e. The molecular formula is C21H22N4OS. The number of anilines is 1. The summed E-state index contributed by atoms with van der Waals surface area (Å²) >= 11 is 5.72. The molecule has 1 aromatic carbocycles. The number of ether oxygens (including phenoxy) is 1. The fourth-order valence-corrected chi connectivity index (χ4v) is 2.95. The zero-order valence-electron chi connectivity index (χ0n) is 15.4. The predicted octanol–water partition coefficient (Wildman–Crippen LogP) is 4.19. The predicted molar refractivity (Wildman–Crippen MR) is 112 cm³/mol. The Bertz CT molecular complexity index is 846. The van der Waals surface area contributed by atoms with E-state index >= 15 is 0 Å². The van der Waals surface area contributed by atoms with Crippen molar-refractivity contribution in [3.63, 3.8) is 0 Å². The molecule has 0 aliphatic carbocycles. The van der Waals surface area contributed by atoms with Gasteiger partial charge in [-0.2, -0.15) is 0 Å². The molecule has 0 saturated heterocycles. The van der Waals surface area contributed by atoms with E-state index in [1.54, 1.807) is 19.5 Å². The third-order valence-corrected chi connectivity index (χ3v) is 4.42. The molecular weight excluding hydrogens is 356 g/mol. The number of hydrogen-bond acceptors (Lipinski definition) is 4. The maximum atomic E-state index is 5.72. The van der Waals surface area contributed by atoms with Crippen LogP contribution < -0.4 is 10.1 Å². The average Bonchev–Trinajstić information content (AvgIpc) is 2.69. The van der Waals surface area contributed by atoms with Crippen LogP contribution in [0, 0.1) is 6.92 Å². The molecule has 0 radical (unpaired) electrons. The average molecular weight is 379 g/mol. The Morgan fingerprint density at radius 1 is 1.11 bits per heavy atom. The van der Waals surface area contributed by atoms with Crippen LogP contribution >= 0.6 is 12.2 Å². The van der Waals surface area contributed by atoms with Crippen LogP contribution in [0.5, 0.6) is 5.75 Å². The second-order valence-electron chi connectivity index (χ2n) is 6.17. The van der Waals surface area contributed by atoms with Gasteiger partial charge in [0.15, 0.2) is 5.11 Å². The van der Waals surface area contributed by atoms with E-state index in [0.717, 1.165) is 28.3 Å². The number of thiocarbonyl (C=S) groups is 1. The van der Waals surface area contributed by atoms with Gasteiger partial charge in [-0.1, -0.05) is 18.2 Å². The zero-order chi connectivity index (χ0) is 19.1. The molecule has 0 fully saturated rings.